The minimum atomic E-state index is -0.816. The molecule has 0 unspecified atom stereocenters. The molecule has 0 radical (unpaired) electrons. The van der Waals surface area contributed by atoms with Crippen LogP contribution in [0.3, 0.4) is 0 Å². The predicted molar refractivity (Wildman–Crippen MR) is 65.1 cm³/mol. The molecule has 0 aromatic heterocycles. The Labute approximate surface area is 104 Å². The zero-order valence-corrected chi connectivity index (χ0v) is 10.0. The van der Waals surface area contributed by atoms with Crippen molar-refractivity contribution in [1.29, 1.82) is 0 Å². The number of nitrogens with one attached hydrogen (secondary N) is 1. The van der Waals surface area contributed by atoms with E-state index in [9.17, 15) is 14.9 Å². The normalized spacial score (nSPS) is 10.1. The van der Waals surface area contributed by atoms with E-state index in [4.69, 9.17) is 5.73 Å². The van der Waals surface area contributed by atoms with E-state index in [1.54, 1.807) is 13.0 Å². The predicted octanol–water partition coefficient (Wildman–Crippen LogP) is 1.09. The maximum atomic E-state index is 10.7. The first-order chi connectivity index (χ1) is 8.52. The van der Waals surface area contributed by atoms with Crippen LogP contribution in [0.15, 0.2) is 18.2 Å². The summed E-state index contributed by atoms with van der Waals surface area (Å²) < 4.78 is 4.54. The summed E-state index contributed by atoms with van der Waals surface area (Å²) in [6.07, 6.45) is -0.816. The average Bonchev–Trinajstić information content (AvgIpc) is 2.30. The van der Waals surface area contributed by atoms with Crippen molar-refractivity contribution in [3.05, 3.63) is 39.4 Å². The first-order valence-electron chi connectivity index (χ1n) is 5.38. The SMILES string of the molecule is Cc1c(CNCCOC(N)=O)cccc1[N+](=O)[O-]. The van der Waals surface area contributed by atoms with Crippen LogP contribution in [0, 0.1) is 17.0 Å². The molecule has 3 N–H and O–H groups in total. The van der Waals surface area contributed by atoms with E-state index >= 15 is 0 Å². The van der Waals surface area contributed by atoms with Gasteiger partial charge in [-0.05, 0) is 12.5 Å². The Kier molecular flexibility index (Phi) is 5.06. The van der Waals surface area contributed by atoms with E-state index in [2.05, 4.69) is 10.1 Å². The van der Waals surface area contributed by atoms with E-state index in [0.717, 1.165) is 5.56 Å². The van der Waals surface area contributed by atoms with Crippen molar-refractivity contribution in [2.24, 2.45) is 5.73 Å². The molecule has 0 heterocycles. The van der Waals surface area contributed by atoms with Crippen molar-refractivity contribution in [3.8, 4) is 0 Å². The van der Waals surface area contributed by atoms with Gasteiger partial charge in [-0.3, -0.25) is 10.1 Å². The highest BCUT2D eigenvalue weighted by molar-refractivity contribution is 5.64. The van der Waals surface area contributed by atoms with Crippen LogP contribution >= 0.6 is 0 Å². The lowest BCUT2D eigenvalue weighted by Crippen LogP contribution is -2.23. The number of hydrogen-bond donors (Lipinski definition) is 2. The molecule has 7 heteroatoms. The van der Waals surface area contributed by atoms with Crippen molar-refractivity contribution < 1.29 is 14.5 Å². The first-order valence-corrected chi connectivity index (χ1v) is 5.38. The zero-order valence-electron chi connectivity index (χ0n) is 10.0. The van der Waals surface area contributed by atoms with Gasteiger partial charge in [0, 0.05) is 24.7 Å². The van der Waals surface area contributed by atoms with Crippen molar-refractivity contribution in [2.75, 3.05) is 13.2 Å². The molecule has 0 saturated carbocycles. The fourth-order valence-electron chi connectivity index (χ4n) is 1.51. The molecule has 98 valence electrons. The molecule has 7 nitrogen and oxygen atoms in total. The fourth-order valence-corrected chi connectivity index (χ4v) is 1.51. The van der Waals surface area contributed by atoms with Gasteiger partial charge in [-0.1, -0.05) is 12.1 Å². The van der Waals surface area contributed by atoms with Crippen molar-refractivity contribution >= 4 is 11.8 Å². The average molecular weight is 253 g/mol. The van der Waals surface area contributed by atoms with Crippen LogP contribution in [0.1, 0.15) is 11.1 Å². The maximum absolute atomic E-state index is 10.7. The molecule has 0 aliphatic carbocycles. The second kappa shape index (κ2) is 6.55. The molecule has 1 rings (SSSR count). The number of nitrogens with two attached hydrogens (primary N) is 1. The van der Waals surface area contributed by atoms with E-state index in [1.165, 1.54) is 6.07 Å². The monoisotopic (exact) mass is 253 g/mol. The smallest absolute Gasteiger partial charge is 0.404 e. The molecule has 0 aliphatic heterocycles. The summed E-state index contributed by atoms with van der Waals surface area (Å²) >= 11 is 0. The van der Waals surface area contributed by atoms with Crippen molar-refractivity contribution in [1.82, 2.24) is 5.32 Å². The van der Waals surface area contributed by atoms with Gasteiger partial charge < -0.3 is 15.8 Å². The van der Waals surface area contributed by atoms with Crippen LogP contribution in [0.2, 0.25) is 0 Å². The summed E-state index contributed by atoms with van der Waals surface area (Å²) in [4.78, 5) is 20.6. The van der Waals surface area contributed by atoms with Crippen LogP contribution in [0.4, 0.5) is 10.5 Å². The third-order valence-electron chi connectivity index (χ3n) is 2.45. The summed E-state index contributed by atoms with van der Waals surface area (Å²) in [5.41, 5.74) is 6.37. The lowest BCUT2D eigenvalue weighted by atomic mass is 10.1. The quantitative estimate of drug-likeness (QED) is 0.448. The third-order valence-corrected chi connectivity index (χ3v) is 2.45. The Bertz CT molecular complexity index is 448. The Morgan fingerprint density at radius 3 is 2.89 bits per heavy atom. The highest BCUT2D eigenvalue weighted by Gasteiger charge is 2.12. The highest BCUT2D eigenvalue weighted by atomic mass is 16.6. The largest absolute Gasteiger partial charge is 0.448 e. The summed E-state index contributed by atoms with van der Waals surface area (Å²) in [6, 6.07) is 4.92. The Balaban J connectivity index is 2.50. The molecule has 1 aromatic carbocycles. The fraction of sp³-hybridized carbons (Fsp3) is 0.364. The summed E-state index contributed by atoms with van der Waals surface area (Å²) in [5, 5.41) is 13.7. The molecule has 0 saturated heterocycles. The number of carbonyl (C=O) groups excluding carboxylic acids is 1. The van der Waals surface area contributed by atoms with E-state index < -0.39 is 11.0 Å². The number of hydrogen-bond acceptors (Lipinski definition) is 5. The van der Waals surface area contributed by atoms with Gasteiger partial charge in [-0.2, -0.15) is 0 Å². The number of benzene rings is 1. The molecular formula is C11H15N3O4. The Morgan fingerprint density at radius 1 is 1.56 bits per heavy atom. The van der Waals surface area contributed by atoms with Gasteiger partial charge in [0.15, 0.2) is 0 Å². The molecule has 0 atom stereocenters. The van der Waals surface area contributed by atoms with Crippen LogP contribution in [0.25, 0.3) is 0 Å². The van der Waals surface area contributed by atoms with E-state index in [-0.39, 0.29) is 12.3 Å². The van der Waals surface area contributed by atoms with Gasteiger partial charge >= 0.3 is 6.09 Å². The number of primary amides is 1. The lowest BCUT2D eigenvalue weighted by molar-refractivity contribution is -0.385. The molecular weight excluding hydrogens is 238 g/mol. The molecule has 0 spiro atoms. The minimum absolute atomic E-state index is 0.0997. The van der Waals surface area contributed by atoms with Gasteiger partial charge in [-0.25, -0.2) is 4.79 Å². The number of nitro groups is 1. The topological polar surface area (TPSA) is 107 Å². The maximum Gasteiger partial charge on any atom is 0.404 e. The second-order valence-electron chi connectivity index (χ2n) is 3.66. The van der Waals surface area contributed by atoms with Crippen LogP contribution in [-0.4, -0.2) is 24.2 Å². The zero-order chi connectivity index (χ0) is 13.5. The van der Waals surface area contributed by atoms with E-state index in [0.29, 0.717) is 18.7 Å². The number of rotatable bonds is 6. The summed E-state index contributed by atoms with van der Waals surface area (Å²) in [7, 11) is 0. The number of carbonyl (C=O) groups is 1. The van der Waals surface area contributed by atoms with Gasteiger partial charge in [-0.15, -0.1) is 0 Å². The number of amides is 1. The molecule has 0 bridgehead atoms. The van der Waals surface area contributed by atoms with Crippen LogP contribution in [0.5, 0.6) is 0 Å². The van der Waals surface area contributed by atoms with E-state index in [1.807, 2.05) is 6.07 Å². The minimum Gasteiger partial charge on any atom is -0.448 e. The molecule has 1 aromatic rings. The number of nitrogens with zero attached hydrogens (tertiary/aromatic N) is 1. The van der Waals surface area contributed by atoms with Gasteiger partial charge in [0.2, 0.25) is 0 Å². The van der Waals surface area contributed by atoms with Crippen LogP contribution < -0.4 is 11.1 Å². The van der Waals surface area contributed by atoms with Crippen LogP contribution in [-0.2, 0) is 11.3 Å². The van der Waals surface area contributed by atoms with Crippen molar-refractivity contribution in [2.45, 2.75) is 13.5 Å². The molecule has 0 fully saturated rings. The van der Waals surface area contributed by atoms with Gasteiger partial charge in [0.05, 0.1) is 4.92 Å². The van der Waals surface area contributed by atoms with Gasteiger partial charge in [0.1, 0.15) is 6.61 Å². The first kappa shape index (κ1) is 13.9. The molecule has 18 heavy (non-hydrogen) atoms. The summed E-state index contributed by atoms with van der Waals surface area (Å²) in [5.74, 6) is 0. The number of nitro benzene ring substituents is 1. The standard InChI is InChI=1S/C11H15N3O4/c1-8-9(3-2-4-10(8)14(16)17)7-13-5-6-18-11(12)15/h2-4,13H,5-7H2,1H3,(H2,12,15). The third kappa shape index (κ3) is 4.02. The molecule has 0 aliphatic rings. The Hall–Kier alpha value is -2.15. The highest BCUT2D eigenvalue weighted by Crippen LogP contribution is 2.20. The van der Waals surface area contributed by atoms with Gasteiger partial charge in [0.25, 0.3) is 5.69 Å². The Morgan fingerprint density at radius 2 is 2.28 bits per heavy atom. The second-order valence-corrected chi connectivity index (χ2v) is 3.66. The summed E-state index contributed by atoms with van der Waals surface area (Å²) in [6.45, 7) is 2.78. The molecule has 1 amide bonds. The lowest BCUT2D eigenvalue weighted by Gasteiger charge is -2.08. The van der Waals surface area contributed by atoms with Crippen molar-refractivity contribution in [3.63, 3.8) is 0 Å². The number of ether oxygens (including phenoxy) is 1.